The van der Waals surface area contributed by atoms with Crippen molar-refractivity contribution in [3.63, 3.8) is 0 Å². The number of nitrogens with zero attached hydrogens (tertiary/aromatic N) is 5. The Morgan fingerprint density at radius 2 is 2.13 bits per heavy atom. The Balaban J connectivity index is 1.88. The van der Waals surface area contributed by atoms with Crippen LogP contribution in [0.5, 0.6) is 11.9 Å². The van der Waals surface area contributed by atoms with Crippen LogP contribution in [0.1, 0.15) is 11.1 Å². The number of aromatic nitrogens is 5. The minimum absolute atomic E-state index is 0.0313. The SMILES string of the molecule is COc1nc2c3c(nc(-c4c(C)c(C)cc5[nH]ncc45)c(F)c3n1)OCCN2CCO. The van der Waals surface area contributed by atoms with Crippen LogP contribution >= 0.6 is 0 Å². The lowest BCUT2D eigenvalue weighted by Crippen LogP contribution is -2.30. The van der Waals surface area contributed by atoms with Crippen LogP contribution < -0.4 is 14.4 Å². The molecular weight excluding hydrogens is 403 g/mol. The van der Waals surface area contributed by atoms with Crippen molar-refractivity contribution in [3.8, 4) is 23.1 Å². The normalized spacial score (nSPS) is 13.5. The first-order valence-corrected chi connectivity index (χ1v) is 9.91. The molecule has 5 rings (SSSR count). The van der Waals surface area contributed by atoms with E-state index >= 15 is 4.39 Å². The molecule has 0 aliphatic carbocycles. The summed E-state index contributed by atoms with van der Waals surface area (Å²) in [5, 5.41) is 17.7. The van der Waals surface area contributed by atoms with Crippen molar-refractivity contribution in [2.24, 2.45) is 0 Å². The molecule has 2 N–H and O–H groups in total. The zero-order valence-electron chi connectivity index (χ0n) is 17.4. The lowest BCUT2D eigenvalue weighted by molar-refractivity contribution is 0.290. The number of aliphatic hydroxyl groups excluding tert-OH is 1. The Bertz CT molecular complexity index is 1320. The van der Waals surface area contributed by atoms with Crippen LogP contribution in [-0.4, -0.2) is 63.7 Å². The summed E-state index contributed by atoms with van der Waals surface area (Å²) in [6.07, 6.45) is 1.66. The summed E-state index contributed by atoms with van der Waals surface area (Å²) < 4.78 is 27.2. The van der Waals surface area contributed by atoms with Crippen molar-refractivity contribution >= 4 is 27.6 Å². The van der Waals surface area contributed by atoms with Gasteiger partial charge in [0.15, 0.2) is 5.82 Å². The van der Waals surface area contributed by atoms with Crippen molar-refractivity contribution in [2.75, 3.05) is 38.3 Å². The van der Waals surface area contributed by atoms with E-state index in [4.69, 9.17) is 9.47 Å². The number of fused-ring (bicyclic) bond motifs is 1. The molecule has 0 unspecified atom stereocenters. The summed E-state index contributed by atoms with van der Waals surface area (Å²) in [7, 11) is 1.43. The van der Waals surface area contributed by atoms with E-state index in [-0.39, 0.29) is 29.7 Å². The van der Waals surface area contributed by atoms with Gasteiger partial charge >= 0.3 is 6.01 Å². The zero-order valence-corrected chi connectivity index (χ0v) is 17.4. The first-order chi connectivity index (χ1) is 15.0. The van der Waals surface area contributed by atoms with Crippen molar-refractivity contribution in [3.05, 3.63) is 29.2 Å². The van der Waals surface area contributed by atoms with E-state index in [2.05, 4.69) is 25.1 Å². The fourth-order valence-corrected chi connectivity index (χ4v) is 4.02. The molecule has 1 aliphatic heterocycles. The van der Waals surface area contributed by atoms with Gasteiger partial charge in [-0.3, -0.25) is 5.10 Å². The van der Waals surface area contributed by atoms with Crippen molar-refractivity contribution in [2.45, 2.75) is 13.8 Å². The van der Waals surface area contributed by atoms with E-state index in [0.717, 1.165) is 22.0 Å². The molecule has 160 valence electrons. The van der Waals surface area contributed by atoms with Crippen molar-refractivity contribution in [1.29, 1.82) is 0 Å². The molecular formula is C21H21FN6O3. The Morgan fingerprint density at radius 1 is 1.29 bits per heavy atom. The van der Waals surface area contributed by atoms with Gasteiger partial charge in [-0.1, -0.05) is 0 Å². The fraction of sp³-hybridized carbons (Fsp3) is 0.333. The number of ether oxygens (including phenoxy) is 2. The van der Waals surface area contributed by atoms with E-state index < -0.39 is 5.82 Å². The molecule has 0 spiro atoms. The summed E-state index contributed by atoms with van der Waals surface area (Å²) in [5.41, 5.74) is 3.50. The fourth-order valence-electron chi connectivity index (χ4n) is 4.02. The minimum Gasteiger partial charge on any atom is -0.475 e. The highest BCUT2D eigenvalue weighted by atomic mass is 19.1. The quantitative estimate of drug-likeness (QED) is 0.514. The number of nitrogens with one attached hydrogen (secondary N) is 1. The van der Waals surface area contributed by atoms with Gasteiger partial charge in [0.2, 0.25) is 5.88 Å². The molecule has 10 heteroatoms. The minimum atomic E-state index is -0.591. The number of H-pyrrole nitrogens is 1. The number of aliphatic hydroxyl groups is 1. The average molecular weight is 424 g/mol. The topological polar surface area (TPSA) is 109 Å². The summed E-state index contributed by atoms with van der Waals surface area (Å²) in [4.78, 5) is 15.1. The Hall–Kier alpha value is -3.53. The number of hydrogen-bond donors (Lipinski definition) is 2. The highest BCUT2D eigenvalue weighted by molar-refractivity contribution is 6.01. The molecule has 0 radical (unpaired) electrons. The number of rotatable bonds is 4. The molecule has 0 atom stereocenters. The Kier molecular flexibility index (Phi) is 4.58. The largest absolute Gasteiger partial charge is 0.475 e. The third kappa shape index (κ3) is 2.94. The van der Waals surface area contributed by atoms with Gasteiger partial charge in [-0.15, -0.1) is 0 Å². The molecule has 9 nitrogen and oxygen atoms in total. The summed E-state index contributed by atoms with van der Waals surface area (Å²) in [6.45, 7) is 4.88. The second kappa shape index (κ2) is 7.31. The third-order valence-corrected chi connectivity index (χ3v) is 5.67. The lowest BCUT2D eigenvalue weighted by Gasteiger charge is -2.21. The number of aromatic amines is 1. The summed E-state index contributed by atoms with van der Waals surface area (Å²) in [6, 6.07) is 2.01. The van der Waals surface area contributed by atoms with Gasteiger partial charge in [0, 0.05) is 17.5 Å². The van der Waals surface area contributed by atoms with E-state index in [9.17, 15) is 5.11 Å². The average Bonchev–Trinajstić information content (AvgIpc) is 3.15. The molecule has 0 fully saturated rings. The maximum Gasteiger partial charge on any atom is 0.318 e. The lowest BCUT2D eigenvalue weighted by atomic mass is 9.96. The summed E-state index contributed by atoms with van der Waals surface area (Å²) >= 11 is 0. The van der Waals surface area contributed by atoms with E-state index in [1.165, 1.54) is 7.11 Å². The van der Waals surface area contributed by atoms with Crippen molar-refractivity contribution < 1.29 is 19.0 Å². The van der Waals surface area contributed by atoms with E-state index in [1.54, 1.807) is 6.20 Å². The molecule has 0 bridgehead atoms. The first kappa shape index (κ1) is 19.4. The van der Waals surface area contributed by atoms with Crippen LogP contribution in [-0.2, 0) is 0 Å². The van der Waals surface area contributed by atoms with Crippen LogP contribution in [0.25, 0.3) is 33.1 Å². The third-order valence-electron chi connectivity index (χ3n) is 5.67. The molecule has 4 heterocycles. The molecule has 0 saturated carbocycles. The van der Waals surface area contributed by atoms with Gasteiger partial charge in [-0.25, -0.2) is 9.37 Å². The van der Waals surface area contributed by atoms with Gasteiger partial charge in [0.05, 0.1) is 32.0 Å². The number of benzene rings is 1. The number of β-amino-alcohol motifs (C(OH)–C–C–N with tert-alkyl or cyclic N) is 1. The first-order valence-electron chi connectivity index (χ1n) is 9.91. The predicted molar refractivity (Wildman–Crippen MR) is 113 cm³/mol. The second-order valence-corrected chi connectivity index (χ2v) is 7.42. The van der Waals surface area contributed by atoms with Crippen LogP contribution in [0.3, 0.4) is 0 Å². The number of methoxy groups -OCH3 is 1. The van der Waals surface area contributed by atoms with E-state index in [0.29, 0.717) is 36.5 Å². The molecule has 1 aliphatic rings. The van der Waals surface area contributed by atoms with Gasteiger partial charge in [0.25, 0.3) is 0 Å². The molecule has 4 aromatic rings. The van der Waals surface area contributed by atoms with Crippen LogP contribution in [0.2, 0.25) is 0 Å². The van der Waals surface area contributed by atoms with Crippen molar-refractivity contribution in [1.82, 2.24) is 25.1 Å². The second-order valence-electron chi connectivity index (χ2n) is 7.42. The van der Waals surface area contributed by atoms with E-state index in [1.807, 2.05) is 24.8 Å². The van der Waals surface area contributed by atoms with Gasteiger partial charge in [0.1, 0.15) is 29.0 Å². The van der Waals surface area contributed by atoms with Gasteiger partial charge < -0.3 is 19.5 Å². The number of anilines is 1. The molecule has 0 amide bonds. The molecule has 0 saturated heterocycles. The molecule has 1 aromatic carbocycles. The number of hydrogen-bond acceptors (Lipinski definition) is 8. The van der Waals surface area contributed by atoms with Crippen LogP contribution in [0.4, 0.5) is 10.2 Å². The number of halogens is 1. The summed E-state index contributed by atoms with van der Waals surface area (Å²) in [5.74, 6) is 0.0872. The highest BCUT2D eigenvalue weighted by Crippen LogP contribution is 2.41. The maximum atomic E-state index is 16.0. The standard InChI is InChI=1S/C21H21FN6O3/c1-10-8-13-12(9-23-27-13)14(11(10)2)17-16(22)18-15-19(26-21(25-18)30-3)28(4-6-29)5-7-31-20(15)24-17/h8-9,29H,4-7H2,1-3H3,(H,23,27). The van der Waals surface area contributed by atoms with Gasteiger partial charge in [-0.05, 0) is 31.0 Å². The molecule has 3 aromatic heterocycles. The number of aryl methyl sites for hydroxylation is 1. The number of pyridine rings is 1. The maximum absolute atomic E-state index is 16.0. The monoisotopic (exact) mass is 424 g/mol. The Morgan fingerprint density at radius 3 is 2.90 bits per heavy atom. The van der Waals surface area contributed by atoms with Crippen LogP contribution in [0.15, 0.2) is 12.3 Å². The van der Waals surface area contributed by atoms with Crippen LogP contribution in [0, 0.1) is 19.7 Å². The molecule has 31 heavy (non-hydrogen) atoms. The highest BCUT2D eigenvalue weighted by Gasteiger charge is 2.28. The predicted octanol–water partition coefficient (Wildman–Crippen LogP) is 2.52. The Labute approximate surface area is 176 Å². The van der Waals surface area contributed by atoms with Gasteiger partial charge in [-0.2, -0.15) is 15.1 Å². The smallest absolute Gasteiger partial charge is 0.318 e. The zero-order chi connectivity index (χ0) is 21.7.